The fourth-order valence-electron chi connectivity index (χ4n) is 4.05. The molecular weight excluding hydrogens is 424 g/mol. The summed E-state index contributed by atoms with van der Waals surface area (Å²) in [6.45, 7) is 7.08. The number of fused-ring (bicyclic) bond motifs is 4. The lowest BCUT2D eigenvalue weighted by Gasteiger charge is -2.28. The number of benzene rings is 2. The van der Waals surface area contributed by atoms with Gasteiger partial charge >= 0.3 is 0 Å². The van der Waals surface area contributed by atoms with E-state index in [1.165, 1.54) is 19.2 Å². The summed E-state index contributed by atoms with van der Waals surface area (Å²) in [6, 6.07) is 6.10. The van der Waals surface area contributed by atoms with E-state index in [2.05, 4.69) is 0 Å². The number of phenolic OH excluding ortho intramolecular Hbond substituents is 2. The summed E-state index contributed by atoms with van der Waals surface area (Å²) in [5.74, 6) is 0.769. The van der Waals surface area contributed by atoms with Crippen molar-refractivity contribution in [3.63, 3.8) is 0 Å². The third kappa shape index (κ3) is 4.04. The number of rotatable bonds is 4. The fourth-order valence-corrected chi connectivity index (χ4v) is 4.05. The molecule has 0 aliphatic carbocycles. The molecule has 2 aromatic carbocycles. The van der Waals surface area contributed by atoms with Crippen molar-refractivity contribution in [3.05, 3.63) is 57.3 Å². The molecule has 7 nitrogen and oxygen atoms in total. The lowest BCUT2D eigenvalue weighted by Crippen LogP contribution is -2.42. The molecule has 0 bridgehead atoms. The minimum absolute atomic E-state index is 0.0157. The maximum atomic E-state index is 13.7. The third-order valence-electron chi connectivity index (χ3n) is 5.91. The first-order chi connectivity index (χ1) is 15.5. The number of aromatic hydroxyl groups is 2. The molecule has 0 spiro atoms. The Labute approximate surface area is 191 Å². The van der Waals surface area contributed by atoms with Gasteiger partial charge in [0.2, 0.25) is 0 Å². The maximum Gasteiger partial charge on any atom is 0.200 e. The number of aliphatic hydroxyl groups is 1. The highest BCUT2D eigenvalue weighted by atomic mass is 16.5. The minimum Gasteiger partial charge on any atom is -0.508 e. The molecule has 0 amide bonds. The number of hydrogen-bond acceptors (Lipinski definition) is 7. The summed E-state index contributed by atoms with van der Waals surface area (Å²) >= 11 is 0. The van der Waals surface area contributed by atoms with Crippen LogP contribution < -0.4 is 14.9 Å². The van der Waals surface area contributed by atoms with Crippen LogP contribution in [0.15, 0.2) is 45.1 Å². The molecule has 0 fully saturated rings. The summed E-state index contributed by atoms with van der Waals surface area (Å²) in [4.78, 5) is 13.7. The van der Waals surface area contributed by atoms with Crippen molar-refractivity contribution in [1.82, 2.24) is 0 Å². The highest BCUT2D eigenvalue weighted by Crippen LogP contribution is 2.43. The molecular formula is C26H28O7. The maximum absolute atomic E-state index is 13.7. The van der Waals surface area contributed by atoms with Crippen molar-refractivity contribution in [1.29, 1.82) is 0 Å². The second-order valence-corrected chi connectivity index (χ2v) is 9.15. The van der Waals surface area contributed by atoms with E-state index in [1.807, 2.05) is 19.9 Å². The van der Waals surface area contributed by atoms with Gasteiger partial charge in [-0.15, -0.1) is 0 Å². The highest BCUT2D eigenvalue weighted by Gasteiger charge is 2.36. The van der Waals surface area contributed by atoms with Crippen LogP contribution in [0.25, 0.3) is 22.3 Å². The molecule has 0 saturated carbocycles. The lowest BCUT2D eigenvalue weighted by atomic mass is 9.93. The summed E-state index contributed by atoms with van der Waals surface area (Å²) in [5, 5.41) is 31.8. The van der Waals surface area contributed by atoms with Gasteiger partial charge in [0, 0.05) is 29.7 Å². The molecule has 7 heteroatoms. The average molecular weight is 453 g/mol. The molecule has 1 aliphatic heterocycles. The first-order valence-corrected chi connectivity index (χ1v) is 10.8. The van der Waals surface area contributed by atoms with E-state index in [4.69, 9.17) is 13.9 Å². The van der Waals surface area contributed by atoms with E-state index in [9.17, 15) is 20.1 Å². The molecule has 174 valence electrons. The zero-order chi connectivity index (χ0) is 24.1. The predicted octanol–water partition coefficient (Wildman–Crippen LogP) is 4.46. The Morgan fingerprint density at radius 3 is 2.61 bits per heavy atom. The monoisotopic (exact) mass is 452 g/mol. The van der Waals surface area contributed by atoms with Gasteiger partial charge in [0.1, 0.15) is 45.8 Å². The normalized spacial score (nSPS) is 15.3. The Morgan fingerprint density at radius 1 is 1.24 bits per heavy atom. The van der Waals surface area contributed by atoms with E-state index in [1.54, 1.807) is 26.0 Å². The lowest BCUT2D eigenvalue weighted by molar-refractivity contribution is -0.0322. The van der Waals surface area contributed by atoms with Gasteiger partial charge in [-0.1, -0.05) is 11.6 Å². The molecule has 3 N–H and O–H groups in total. The molecule has 33 heavy (non-hydrogen) atoms. The molecule has 0 radical (unpaired) electrons. The van der Waals surface area contributed by atoms with Gasteiger partial charge in [-0.05, 0) is 46.2 Å². The van der Waals surface area contributed by atoms with Crippen molar-refractivity contribution in [2.75, 3.05) is 7.11 Å². The van der Waals surface area contributed by atoms with Crippen molar-refractivity contribution < 1.29 is 29.2 Å². The van der Waals surface area contributed by atoms with Crippen LogP contribution in [0.3, 0.4) is 0 Å². The summed E-state index contributed by atoms with van der Waals surface area (Å²) in [5.41, 5.74) is 0.803. The van der Waals surface area contributed by atoms with Crippen molar-refractivity contribution in [2.45, 2.75) is 52.2 Å². The third-order valence-corrected chi connectivity index (χ3v) is 5.91. The van der Waals surface area contributed by atoms with Gasteiger partial charge in [0.15, 0.2) is 5.43 Å². The SMILES string of the molecule is COc1cc2oc3c(c(=O)c2c(O)c1CC=C(C)C)C[C@H](C(C)(C)O)Oc1cc(O)ccc1-3. The van der Waals surface area contributed by atoms with Crippen molar-refractivity contribution >= 4 is 11.0 Å². The van der Waals surface area contributed by atoms with Crippen LogP contribution in [0.2, 0.25) is 0 Å². The van der Waals surface area contributed by atoms with E-state index < -0.39 is 17.1 Å². The fraction of sp³-hybridized carbons (Fsp3) is 0.346. The van der Waals surface area contributed by atoms with Crippen LogP contribution in [0, 0.1) is 0 Å². The Balaban J connectivity index is 2.06. The summed E-state index contributed by atoms with van der Waals surface area (Å²) < 4.78 is 17.7. The van der Waals surface area contributed by atoms with Crippen molar-refractivity contribution in [2.24, 2.45) is 0 Å². The molecule has 1 aromatic heterocycles. The van der Waals surface area contributed by atoms with E-state index in [0.717, 1.165) is 5.57 Å². The van der Waals surface area contributed by atoms with Crippen LogP contribution in [0.1, 0.15) is 38.8 Å². The van der Waals surface area contributed by atoms with E-state index >= 15 is 0 Å². The standard InChI is InChI=1S/C26H28O7/c1-13(2)6-8-15-18(31-5)12-20-22(23(15)28)24(29)17-11-21(26(3,4)30)32-19-10-14(27)7-9-16(19)25(17)33-20/h6-7,9-10,12,21,27-28,30H,8,11H2,1-5H3/t21-/m1/s1. The number of methoxy groups -OCH3 is 1. The molecule has 1 atom stereocenters. The number of allylic oxidation sites excluding steroid dienone is 2. The van der Waals surface area contributed by atoms with Crippen molar-refractivity contribution in [3.8, 4) is 34.3 Å². The zero-order valence-corrected chi connectivity index (χ0v) is 19.4. The van der Waals surface area contributed by atoms with Crippen LogP contribution in [0.4, 0.5) is 0 Å². The molecule has 0 saturated heterocycles. The topological polar surface area (TPSA) is 109 Å². The largest absolute Gasteiger partial charge is 0.508 e. The highest BCUT2D eigenvalue weighted by molar-refractivity contribution is 5.90. The molecule has 1 aliphatic rings. The quantitative estimate of drug-likeness (QED) is 0.501. The zero-order valence-electron chi connectivity index (χ0n) is 19.4. The molecule has 4 rings (SSSR count). The number of phenols is 2. The summed E-state index contributed by atoms with van der Waals surface area (Å²) in [6.07, 6.45) is 1.60. The molecule has 0 unspecified atom stereocenters. The van der Waals surface area contributed by atoms with Crippen LogP contribution in [0.5, 0.6) is 23.0 Å². The van der Waals surface area contributed by atoms with E-state index in [0.29, 0.717) is 29.0 Å². The van der Waals surface area contributed by atoms with Crippen LogP contribution in [-0.4, -0.2) is 34.1 Å². The number of hydrogen-bond donors (Lipinski definition) is 3. The molecule has 2 heterocycles. The van der Waals surface area contributed by atoms with Gasteiger partial charge in [-0.2, -0.15) is 0 Å². The first-order valence-electron chi connectivity index (χ1n) is 10.8. The van der Waals surface area contributed by atoms with Crippen LogP contribution in [-0.2, 0) is 12.8 Å². The minimum atomic E-state index is -1.29. The Morgan fingerprint density at radius 2 is 1.97 bits per heavy atom. The predicted molar refractivity (Wildman–Crippen MR) is 125 cm³/mol. The van der Waals surface area contributed by atoms with Gasteiger partial charge in [-0.25, -0.2) is 0 Å². The Kier molecular flexibility index (Phi) is 5.62. The second-order valence-electron chi connectivity index (χ2n) is 9.15. The first kappa shape index (κ1) is 22.7. The van der Waals surface area contributed by atoms with Gasteiger partial charge in [0.25, 0.3) is 0 Å². The van der Waals surface area contributed by atoms with Crippen LogP contribution >= 0.6 is 0 Å². The summed E-state index contributed by atoms with van der Waals surface area (Å²) in [7, 11) is 1.49. The van der Waals surface area contributed by atoms with E-state index in [-0.39, 0.29) is 40.2 Å². The second kappa shape index (κ2) is 8.15. The number of ether oxygens (including phenoxy) is 2. The smallest absolute Gasteiger partial charge is 0.200 e. The molecule has 3 aromatic rings. The van der Waals surface area contributed by atoms with Gasteiger partial charge in [0.05, 0.1) is 18.3 Å². The van der Waals surface area contributed by atoms with Gasteiger partial charge in [-0.3, -0.25) is 4.79 Å². The Hall–Kier alpha value is -3.45. The average Bonchev–Trinajstić information content (AvgIpc) is 2.89. The Bertz CT molecular complexity index is 1320. The van der Waals surface area contributed by atoms with Gasteiger partial charge < -0.3 is 29.2 Å².